The molecule has 0 aliphatic heterocycles. The lowest BCUT2D eigenvalue weighted by atomic mass is 10.1. The van der Waals surface area contributed by atoms with Crippen LogP contribution in [0.1, 0.15) is 22.1 Å². The number of hydrogen-bond donors (Lipinski definition) is 1. The molecule has 8 nitrogen and oxygen atoms in total. The summed E-state index contributed by atoms with van der Waals surface area (Å²) in [4.78, 5) is 26.7. The minimum absolute atomic E-state index is 0.179. The number of fused-ring (bicyclic) bond motifs is 1. The van der Waals surface area contributed by atoms with Crippen molar-refractivity contribution in [3.05, 3.63) is 90.5 Å². The van der Waals surface area contributed by atoms with Crippen molar-refractivity contribution in [3.8, 4) is 11.3 Å². The Morgan fingerprint density at radius 3 is 2.72 bits per heavy atom. The number of hydrogen-bond acceptors (Lipinski definition) is 7. The van der Waals surface area contributed by atoms with E-state index >= 15 is 0 Å². The van der Waals surface area contributed by atoms with Crippen LogP contribution in [0.15, 0.2) is 82.6 Å². The summed E-state index contributed by atoms with van der Waals surface area (Å²) >= 11 is 1.49. The van der Waals surface area contributed by atoms with E-state index in [0.29, 0.717) is 34.5 Å². The van der Waals surface area contributed by atoms with Crippen molar-refractivity contribution in [2.24, 2.45) is 0 Å². The lowest BCUT2D eigenvalue weighted by molar-refractivity contribution is 0.102. The molecular weight excluding hydrogens is 424 g/mol. The highest BCUT2D eigenvalue weighted by molar-refractivity contribution is 7.98. The van der Waals surface area contributed by atoms with Crippen LogP contribution in [-0.2, 0) is 5.75 Å². The van der Waals surface area contributed by atoms with Gasteiger partial charge in [0.15, 0.2) is 5.82 Å². The van der Waals surface area contributed by atoms with Crippen molar-refractivity contribution in [2.75, 3.05) is 5.32 Å². The summed E-state index contributed by atoms with van der Waals surface area (Å²) in [6.45, 7) is 1.75. The van der Waals surface area contributed by atoms with E-state index in [2.05, 4.69) is 25.4 Å². The molecule has 0 spiro atoms. The molecule has 0 unspecified atom stereocenters. The van der Waals surface area contributed by atoms with Gasteiger partial charge in [-0.3, -0.25) is 9.20 Å². The minimum atomic E-state index is -0.179. The second kappa shape index (κ2) is 8.64. The quantitative estimate of drug-likeness (QED) is 0.383. The van der Waals surface area contributed by atoms with Gasteiger partial charge in [-0.05, 0) is 30.3 Å². The van der Waals surface area contributed by atoms with Crippen LogP contribution < -0.4 is 5.32 Å². The average molecular weight is 443 g/mol. The SMILES string of the molecule is Cc1nc(CSc2ccccc2C(=O)Nc2ccc(-c3cn4cccnc4n3)cc2)no1. The van der Waals surface area contributed by atoms with Crippen molar-refractivity contribution in [3.63, 3.8) is 0 Å². The largest absolute Gasteiger partial charge is 0.340 e. The molecular formula is C23H18N6O2S. The fourth-order valence-corrected chi connectivity index (χ4v) is 4.11. The van der Waals surface area contributed by atoms with Crippen molar-refractivity contribution in [2.45, 2.75) is 17.6 Å². The summed E-state index contributed by atoms with van der Waals surface area (Å²) in [6.07, 6.45) is 5.54. The van der Waals surface area contributed by atoms with Gasteiger partial charge < -0.3 is 9.84 Å². The fraction of sp³-hybridized carbons (Fsp3) is 0.0870. The van der Waals surface area contributed by atoms with Gasteiger partial charge in [0, 0.05) is 41.7 Å². The molecule has 1 amide bonds. The third-order valence-electron chi connectivity index (χ3n) is 4.73. The second-order valence-electron chi connectivity index (χ2n) is 7.00. The van der Waals surface area contributed by atoms with E-state index in [0.717, 1.165) is 16.2 Å². The molecule has 0 saturated carbocycles. The smallest absolute Gasteiger partial charge is 0.256 e. The molecule has 32 heavy (non-hydrogen) atoms. The maximum atomic E-state index is 12.9. The Morgan fingerprint density at radius 2 is 1.94 bits per heavy atom. The second-order valence-corrected chi connectivity index (χ2v) is 8.02. The third kappa shape index (κ3) is 4.23. The van der Waals surface area contributed by atoms with Crippen molar-refractivity contribution in [1.82, 2.24) is 24.5 Å². The first kappa shape index (κ1) is 20.0. The molecule has 0 saturated heterocycles. The molecule has 0 radical (unpaired) electrons. The summed E-state index contributed by atoms with van der Waals surface area (Å²) < 4.78 is 6.88. The van der Waals surface area contributed by atoms with Gasteiger partial charge >= 0.3 is 0 Å². The number of carbonyl (C=O) groups excluding carboxylic acids is 1. The normalized spacial score (nSPS) is 11.0. The first-order valence-corrected chi connectivity index (χ1v) is 10.9. The molecule has 3 heterocycles. The van der Waals surface area contributed by atoms with E-state index in [1.54, 1.807) is 19.2 Å². The van der Waals surface area contributed by atoms with Crippen LogP contribution in [-0.4, -0.2) is 30.4 Å². The molecule has 0 atom stereocenters. The summed E-state index contributed by atoms with van der Waals surface area (Å²) in [6, 6.07) is 16.9. The Kier molecular flexibility index (Phi) is 5.39. The number of benzene rings is 2. The molecule has 0 bridgehead atoms. The number of nitrogens with one attached hydrogen (secondary N) is 1. The van der Waals surface area contributed by atoms with E-state index in [9.17, 15) is 4.79 Å². The van der Waals surface area contributed by atoms with Crippen LogP contribution in [0.4, 0.5) is 5.69 Å². The number of aryl methyl sites for hydroxylation is 1. The maximum Gasteiger partial charge on any atom is 0.256 e. The standard InChI is InChI=1S/C23H18N6O2S/c1-15-25-21(28-31-15)14-32-20-6-3-2-5-18(20)22(30)26-17-9-7-16(8-10-17)19-13-29-12-4-11-24-23(29)27-19/h2-13H,14H2,1H3,(H,26,30). The van der Waals surface area contributed by atoms with Gasteiger partial charge in [-0.15, -0.1) is 11.8 Å². The monoisotopic (exact) mass is 442 g/mol. The number of imidazole rings is 1. The summed E-state index contributed by atoms with van der Waals surface area (Å²) in [5, 5.41) is 6.87. The highest BCUT2D eigenvalue weighted by atomic mass is 32.2. The third-order valence-corrected chi connectivity index (χ3v) is 5.80. The zero-order valence-electron chi connectivity index (χ0n) is 17.1. The summed E-state index contributed by atoms with van der Waals surface area (Å²) in [5.74, 6) is 2.10. The average Bonchev–Trinajstić information content (AvgIpc) is 3.44. The van der Waals surface area contributed by atoms with E-state index in [-0.39, 0.29) is 5.91 Å². The molecule has 5 rings (SSSR count). The van der Waals surface area contributed by atoms with Gasteiger partial charge in [0.25, 0.3) is 5.91 Å². The van der Waals surface area contributed by atoms with Crippen molar-refractivity contribution in [1.29, 1.82) is 0 Å². The number of aromatic nitrogens is 5. The van der Waals surface area contributed by atoms with Crippen molar-refractivity contribution >= 4 is 29.1 Å². The number of rotatable bonds is 6. The van der Waals surface area contributed by atoms with Gasteiger partial charge in [0.2, 0.25) is 11.7 Å². The number of thioether (sulfide) groups is 1. The van der Waals surface area contributed by atoms with Crippen LogP contribution in [0.25, 0.3) is 17.0 Å². The molecule has 5 aromatic rings. The number of anilines is 1. The highest BCUT2D eigenvalue weighted by Gasteiger charge is 2.13. The van der Waals surface area contributed by atoms with E-state index in [1.165, 1.54) is 11.8 Å². The summed E-state index contributed by atoms with van der Waals surface area (Å²) in [7, 11) is 0. The molecule has 0 fully saturated rings. The Balaban J connectivity index is 1.29. The van der Waals surface area contributed by atoms with Crippen LogP contribution >= 0.6 is 11.8 Å². The van der Waals surface area contributed by atoms with Crippen LogP contribution in [0.2, 0.25) is 0 Å². The topological polar surface area (TPSA) is 98.2 Å². The van der Waals surface area contributed by atoms with Gasteiger partial charge in [-0.1, -0.05) is 29.4 Å². The van der Waals surface area contributed by atoms with Crippen molar-refractivity contribution < 1.29 is 9.32 Å². The first-order valence-electron chi connectivity index (χ1n) is 9.88. The van der Waals surface area contributed by atoms with Crippen LogP contribution in [0.5, 0.6) is 0 Å². The predicted molar refractivity (Wildman–Crippen MR) is 121 cm³/mol. The fourth-order valence-electron chi connectivity index (χ4n) is 3.21. The Labute approximate surface area is 187 Å². The zero-order valence-corrected chi connectivity index (χ0v) is 17.9. The highest BCUT2D eigenvalue weighted by Crippen LogP contribution is 2.27. The lowest BCUT2D eigenvalue weighted by Gasteiger charge is -2.10. The van der Waals surface area contributed by atoms with Gasteiger partial charge in [-0.25, -0.2) is 9.97 Å². The number of amides is 1. The van der Waals surface area contributed by atoms with Crippen LogP contribution in [0.3, 0.4) is 0 Å². The maximum absolute atomic E-state index is 12.9. The van der Waals surface area contributed by atoms with Gasteiger partial charge in [0.1, 0.15) is 0 Å². The molecule has 1 N–H and O–H groups in total. The predicted octanol–water partition coefficient (Wildman–Crippen LogP) is 4.63. The zero-order chi connectivity index (χ0) is 21.9. The van der Waals surface area contributed by atoms with E-state index in [1.807, 2.05) is 65.3 Å². The van der Waals surface area contributed by atoms with Gasteiger partial charge in [0.05, 0.1) is 17.0 Å². The molecule has 158 valence electrons. The Bertz CT molecular complexity index is 1360. The van der Waals surface area contributed by atoms with E-state index in [4.69, 9.17) is 4.52 Å². The minimum Gasteiger partial charge on any atom is -0.340 e. The number of carbonyl (C=O) groups is 1. The molecule has 3 aromatic heterocycles. The first-order chi connectivity index (χ1) is 15.7. The van der Waals surface area contributed by atoms with E-state index < -0.39 is 0 Å². The number of nitrogens with zero attached hydrogens (tertiary/aromatic N) is 5. The molecule has 0 aliphatic rings. The van der Waals surface area contributed by atoms with Gasteiger partial charge in [-0.2, -0.15) is 4.98 Å². The summed E-state index contributed by atoms with van der Waals surface area (Å²) in [5.41, 5.74) is 3.06. The lowest BCUT2D eigenvalue weighted by Crippen LogP contribution is -2.12. The molecule has 9 heteroatoms. The Hall–Kier alpha value is -3.98. The molecule has 0 aliphatic carbocycles. The Morgan fingerprint density at radius 1 is 1.09 bits per heavy atom. The van der Waals surface area contributed by atoms with Crippen LogP contribution in [0, 0.1) is 6.92 Å². The molecule has 2 aromatic carbocycles.